The van der Waals surface area contributed by atoms with Gasteiger partial charge in [0.25, 0.3) is 0 Å². The zero-order valence-electron chi connectivity index (χ0n) is 12.0. The molecule has 0 bridgehead atoms. The highest BCUT2D eigenvalue weighted by molar-refractivity contribution is 5.79. The van der Waals surface area contributed by atoms with Crippen molar-refractivity contribution >= 4 is 11.8 Å². The minimum atomic E-state index is 0.0174. The zero-order chi connectivity index (χ0) is 14.4. The van der Waals surface area contributed by atoms with E-state index in [1.807, 2.05) is 36.1 Å². The molecule has 0 atom stereocenters. The summed E-state index contributed by atoms with van der Waals surface area (Å²) in [5, 5.41) is 2.89. The third-order valence-corrected chi connectivity index (χ3v) is 3.74. The van der Waals surface area contributed by atoms with Gasteiger partial charge in [0, 0.05) is 26.1 Å². The summed E-state index contributed by atoms with van der Waals surface area (Å²) in [6.07, 6.45) is 3.12. The van der Waals surface area contributed by atoms with Crippen LogP contribution in [0.3, 0.4) is 0 Å². The van der Waals surface area contributed by atoms with Crippen LogP contribution in [0.2, 0.25) is 0 Å². The van der Waals surface area contributed by atoms with Gasteiger partial charge < -0.3 is 10.2 Å². The molecule has 0 saturated carbocycles. The van der Waals surface area contributed by atoms with Crippen molar-refractivity contribution in [3.05, 3.63) is 35.4 Å². The van der Waals surface area contributed by atoms with Crippen molar-refractivity contribution in [1.82, 2.24) is 10.2 Å². The molecule has 0 spiro atoms. The molecule has 4 nitrogen and oxygen atoms in total. The summed E-state index contributed by atoms with van der Waals surface area (Å²) in [4.78, 5) is 25.3. The smallest absolute Gasteiger partial charge is 0.224 e. The second-order valence-electron chi connectivity index (χ2n) is 5.29. The molecule has 1 fully saturated rings. The number of aryl methyl sites for hydroxylation is 1. The second kappa shape index (κ2) is 7.08. The number of nitrogens with zero attached hydrogens (tertiary/aromatic N) is 1. The summed E-state index contributed by atoms with van der Waals surface area (Å²) in [5.74, 6) is 0.230. The van der Waals surface area contributed by atoms with Gasteiger partial charge >= 0.3 is 0 Å². The van der Waals surface area contributed by atoms with Crippen molar-refractivity contribution in [3.8, 4) is 0 Å². The fraction of sp³-hybridized carbons (Fsp3) is 0.500. The Hall–Kier alpha value is -1.84. The molecule has 0 aromatic heterocycles. The van der Waals surface area contributed by atoms with Gasteiger partial charge in [-0.15, -0.1) is 0 Å². The molecule has 1 heterocycles. The third-order valence-electron chi connectivity index (χ3n) is 3.74. The van der Waals surface area contributed by atoms with Crippen LogP contribution in [0.5, 0.6) is 0 Å². The van der Waals surface area contributed by atoms with E-state index in [0.717, 1.165) is 30.5 Å². The normalized spacial score (nSPS) is 15.2. The van der Waals surface area contributed by atoms with E-state index in [1.54, 1.807) is 0 Å². The van der Waals surface area contributed by atoms with Gasteiger partial charge in [0.05, 0.1) is 6.42 Å². The van der Waals surface area contributed by atoms with Gasteiger partial charge in [0.2, 0.25) is 11.8 Å². The molecular weight excluding hydrogens is 252 g/mol. The summed E-state index contributed by atoms with van der Waals surface area (Å²) in [6, 6.07) is 7.90. The summed E-state index contributed by atoms with van der Waals surface area (Å²) >= 11 is 0. The first-order valence-electron chi connectivity index (χ1n) is 7.26. The number of rotatable bonds is 5. The molecule has 4 heteroatoms. The van der Waals surface area contributed by atoms with Gasteiger partial charge in [-0.2, -0.15) is 0 Å². The Labute approximate surface area is 120 Å². The lowest BCUT2D eigenvalue weighted by molar-refractivity contribution is -0.133. The molecule has 2 rings (SSSR count). The van der Waals surface area contributed by atoms with Crippen LogP contribution >= 0.6 is 0 Å². The molecule has 2 amide bonds. The minimum Gasteiger partial charge on any atom is -0.354 e. The van der Waals surface area contributed by atoms with Gasteiger partial charge in [-0.05, 0) is 30.9 Å². The van der Waals surface area contributed by atoms with Crippen LogP contribution in [0.15, 0.2) is 24.3 Å². The highest BCUT2D eigenvalue weighted by atomic mass is 16.2. The van der Waals surface area contributed by atoms with E-state index in [0.29, 0.717) is 25.9 Å². The van der Waals surface area contributed by atoms with E-state index >= 15 is 0 Å². The molecule has 0 aliphatic carbocycles. The molecule has 1 aliphatic rings. The lowest BCUT2D eigenvalue weighted by Crippen LogP contribution is -2.41. The van der Waals surface area contributed by atoms with Crippen LogP contribution in [0.1, 0.15) is 30.4 Å². The average molecular weight is 274 g/mol. The molecule has 0 radical (unpaired) electrons. The first-order chi connectivity index (χ1) is 9.66. The average Bonchev–Trinajstić information content (AvgIpc) is 2.43. The zero-order valence-corrected chi connectivity index (χ0v) is 12.0. The van der Waals surface area contributed by atoms with Gasteiger partial charge in [-0.3, -0.25) is 9.59 Å². The van der Waals surface area contributed by atoms with E-state index in [-0.39, 0.29) is 11.8 Å². The maximum absolute atomic E-state index is 11.9. The largest absolute Gasteiger partial charge is 0.354 e. The number of carbonyl (C=O) groups is 2. The number of benzene rings is 1. The lowest BCUT2D eigenvalue weighted by Gasteiger charge is -2.26. The topological polar surface area (TPSA) is 49.4 Å². The second-order valence-corrected chi connectivity index (χ2v) is 5.29. The van der Waals surface area contributed by atoms with Crippen molar-refractivity contribution in [2.75, 3.05) is 19.6 Å². The van der Waals surface area contributed by atoms with Crippen molar-refractivity contribution < 1.29 is 9.59 Å². The quantitative estimate of drug-likeness (QED) is 0.888. The molecular formula is C16H22N2O2. The number of carbonyl (C=O) groups excluding carboxylic acids is 2. The molecule has 1 aromatic rings. The van der Waals surface area contributed by atoms with Crippen molar-refractivity contribution in [1.29, 1.82) is 0 Å². The van der Waals surface area contributed by atoms with Gasteiger partial charge in [0.15, 0.2) is 0 Å². The van der Waals surface area contributed by atoms with Crippen LogP contribution in [0.4, 0.5) is 0 Å². The highest BCUT2D eigenvalue weighted by Crippen LogP contribution is 2.09. The van der Waals surface area contributed by atoms with Crippen LogP contribution in [-0.2, 0) is 16.0 Å². The van der Waals surface area contributed by atoms with Crippen LogP contribution < -0.4 is 5.32 Å². The number of hydrogen-bond donors (Lipinski definition) is 1. The Bertz CT molecular complexity index is 485. The van der Waals surface area contributed by atoms with E-state index < -0.39 is 0 Å². The van der Waals surface area contributed by atoms with E-state index in [2.05, 4.69) is 5.32 Å². The minimum absolute atomic E-state index is 0.0174. The molecule has 1 aliphatic heterocycles. The van der Waals surface area contributed by atoms with E-state index in [9.17, 15) is 9.59 Å². The van der Waals surface area contributed by atoms with Gasteiger partial charge in [-0.1, -0.05) is 24.3 Å². The van der Waals surface area contributed by atoms with Gasteiger partial charge in [0.1, 0.15) is 0 Å². The predicted molar refractivity (Wildman–Crippen MR) is 78.3 cm³/mol. The maximum Gasteiger partial charge on any atom is 0.224 e. The monoisotopic (exact) mass is 274 g/mol. The van der Waals surface area contributed by atoms with Gasteiger partial charge in [-0.25, -0.2) is 0 Å². The number of amides is 2. The molecule has 0 unspecified atom stereocenters. The molecule has 1 N–H and O–H groups in total. The Morgan fingerprint density at radius 2 is 2.10 bits per heavy atom. The first-order valence-corrected chi connectivity index (χ1v) is 7.26. The SMILES string of the molecule is Cc1ccccc1CC(=O)NCCN1CCCCC1=O. The van der Waals surface area contributed by atoms with Crippen LogP contribution in [0.25, 0.3) is 0 Å². The summed E-state index contributed by atoms with van der Waals surface area (Å²) in [5.41, 5.74) is 2.19. The molecule has 1 saturated heterocycles. The fourth-order valence-electron chi connectivity index (χ4n) is 2.47. The lowest BCUT2D eigenvalue weighted by atomic mass is 10.1. The molecule has 20 heavy (non-hydrogen) atoms. The standard InChI is InChI=1S/C16H22N2O2/c1-13-6-2-3-7-14(13)12-15(19)17-9-11-18-10-5-4-8-16(18)20/h2-3,6-7H,4-5,8-12H2,1H3,(H,17,19). The van der Waals surface area contributed by atoms with Crippen molar-refractivity contribution in [2.45, 2.75) is 32.6 Å². The third kappa shape index (κ3) is 4.08. The Kier molecular flexibility index (Phi) is 5.16. The number of likely N-dealkylation sites (tertiary alicyclic amines) is 1. The predicted octanol–water partition coefficient (Wildman–Crippen LogP) is 1.67. The summed E-state index contributed by atoms with van der Waals surface area (Å²) in [6.45, 7) is 4.00. The number of nitrogens with one attached hydrogen (secondary N) is 1. The fourth-order valence-corrected chi connectivity index (χ4v) is 2.47. The van der Waals surface area contributed by atoms with Crippen LogP contribution in [0, 0.1) is 6.92 Å². The Balaban J connectivity index is 1.73. The van der Waals surface area contributed by atoms with Crippen LogP contribution in [-0.4, -0.2) is 36.3 Å². The summed E-state index contributed by atoms with van der Waals surface area (Å²) in [7, 11) is 0. The van der Waals surface area contributed by atoms with E-state index in [1.165, 1.54) is 0 Å². The molecule has 108 valence electrons. The van der Waals surface area contributed by atoms with Crippen molar-refractivity contribution in [3.63, 3.8) is 0 Å². The Morgan fingerprint density at radius 3 is 2.85 bits per heavy atom. The summed E-state index contributed by atoms with van der Waals surface area (Å²) < 4.78 is 0. The molecule has 1 aromatic carbocycles. The van der Waals surface area contributed by atoms with E-state index in [4.69, 9.17) is 0 Å². The number of hydrogen-bond acceptors (Lipinski definition) is 2. The Morgan fingerprint density at radius 1 is 1.30 bits per heavy atom. The first kappa shape index (κ1) is 14.6. The van der Waals surface area contributed by atoms with Crippen molar-refractivity contribution in [2.24, 2.45) is 0 Å². The maximum atomic E-state index is 11.9. The number of piperidine rings is 1. The highest BCUT2D eigenvalue weighted by Gasteiger charge is 2.17.